The van der Waals surface area contributed by atoms with Crippen LogP contribution in [0.3, 0.4) is 0 Å². The van der Waals surface area contributed by atoms with Gasteiger partial charge in [-0.05, 0) is 11.1 Å². The molecule has 0 heterocycles. The maximum absolute atomic E-state index is 12.5. The van der Waals surface area contributed by atoms with Gasteiger partial charge < -0.3 is 11.1 Å². The third kappa shape index (κ3) is 3.85. The third-order valence-electron chi connectivity index (χ3n) is 3.22. The molecule has 2 rings (SSSR count). The van der Waals surface area contributed by atoms with Crippen molar-refractivity contribution >= 4 is 0 Å². The molecule has 20 heavy (non-hydrogen) atoms. The molecule has 0 amide bonds. The van der Waals surface area contributed by atoms with Gasteiger partial charge in [0, 0.05) is 24.7 Å². The second-order valence-electron chi connectivity index (χ2n) is 4.62. The van der Waals surface area contributed by atoms with Crippen molar-refractivity contribution in [2.24, 2.45) is 5.73 Å². The van der Waals surface area contributed by atoms with E-state index in [1.807, 2.05) is 30.3 Å². The van der Waals surface area contributed by atoms with Crippen molar-refractivity contribution in [3.05, 3.63) is 71.3 Å². The second kappa shape index (κ2) is 7.12. The molecule has 0 aliphatic rings. The van der Waals surface area contributed by atoms with E-state index in [0.29, 0.717) is 13.1 Å². The Bertz CT molecular complexity index is 512. The summed E-state index contributed by atoms with van der Waals surface area (Å²) in [5.74, 6) is 0. The first-order valence-corrected chi connectivity index (χ1v) is 6.56. The Hall–Kier alpha value is -1.78. The Kier molecular flexibility index (Phi) is 5.21. The van der Waals surface area contributed by atoms with Gasteiger partial charge >= 0.3 is 0 Å². The van der Waals surface area contributed by atoms with E-state index < -0.39 is 6.43 Å². The van der Waals surface area contributed by atoms with E-state index in [4.69, 9.17) is 5.73 Å². The molecule has 1 atom stereocenters. The Morgan fingerprint density at radius 3 is 2.05 bits per heavy atom. The average Bonchev–Trinajstić information content (AvgIpc) is 2.49. The number of hydrogen-bond donors (Lipinski definition) is 2. The molecular formula is C16H18F2N2. The van der Waals surface area contributed by atoms with Crippen molar-refractivity contribution in [2.75, 3.05) is 6.54 Å². The Labute approximate surface area is 117 Å². The summed E-state index contributed by atoms with van der Waals surface area (Å²) in [5.41, 5.74) is 7.88. The second-order valence-corrected chi connectivity index (χ2v) is 4.62. The van der Waals surface area contributed by atoms with Crippen molar-refractivity contribution in [2.45, 2.75) is 19.0 Å². The summed E-state index contributed by atoms with van der Waals surface area (Å²) in [4.78, 5) is 0. The van der Waals surface area contributed by atoms with Gasteiger partial charge in [-0.3, -0.25) is 0 Å². The fourth-order valence-electron chi connectivity index (χ4n) is 2.05. The average molecular weight is 276 g/mol. The van der Waals surface area contributed by atoms with Gasteiger partial charge in [0.05, 0.1) is 0 Å². The summed E-state index contributed by atoms with van der Waals surface area (Å²) in [6.45, 7) is 1.11. The van der Waals surface area contributed by atoms with Crippen LogP contribution in [0.5, 0.6) is 0 Å². The normalized spacial score (nSPS) is 12.6. The largest absolute Gasteiger partial charge is 0.329 e. The first kappa shape index (κ1) is 14.6. The van der Waals surface area contributed by atoms with Crippen LogP contribution in [0.4, 0.5) is 8.78 Å². The lowest BCUT2D eigenvalue weighted by molar-refractivity contribution is 0.151. The van der Waals surface area contributed by atoms with Crippen LogP contribution in [0, 0.1) is 0 Å². The lowest BCUT2D eigenvalue weighted by atomic mass is 10.0. The quantitative estimate of drug-likeness (QED) is 0.848. The van der Waals surface area contributed by atoms with Crippen molar-refractivity contribution in [3.8, 4) is 0 Å². The minimum atomic E-state index is -2.43. The maximum atomic E-state index is 12.5. The zero-order chi connectivity index (χ0) is 14.4. The van der Waals surface area contributed by atoms with Crippen LogP contribution in [0.1, 0.15) is 29.2 Å². The number of hydrogen-bond acceptors (Lipinski definition) is 2. The highest BCUT2D eigenvalue weighted by atomic mass is 19.3. The highest BCUT2D eigenvalue weighted by molar-refractivity contribution is 5.26. The standard InChI is InChI=1S/C16H18F2N2/c17-16(18)14-8-6-13(7-9-14)15(10-19)20-11-12-4-2-1-3-5-12/h1-9,15-16,20H,10-11,19H2. The van der Waals surface area contributed by atoms with Gasteiger partial charge in [0.15, 0.2) is 0 Å². The van der Waals surface area contributed by atoms with Crippen molar-refractivity contribution < 1.29 is 8.78 Å². The van der Waals surface area contributed by atoms with Crippen LogP contribution in [0.2, 0.25) is 0 Å². The zero-order valence-corrected chi connectivity index (χ0v) is 11.1. The number of benzene rings is 2. The minimum Gasteiger partial charge on any atom is -0.329 e. The highest BCUT2D eigenvalue weighted by Gasteiger charge is 2.11. The molecular weight excluding hydrogens is 258 g/mol. The SMILES string of the molecule is NCC(NCc1ccccc1)c1ccc(C(F)F)cc1. The summed E-state index contributed by atoms with van der Waals surface area (Å²) in [5, 5.41) is 3.34. The molecule has 0 bridgehead atoms. The highest BCUT2D eigenvalue weighted by Crippen LogP contribution is 2.21. The molecule has 0 aliphatic heterocycles. The molecule has 0 aromatic heterocycles. The van der Waals surface area contributed by atoms with Gasteiger partial charge in [0.2, 0.25) is 0 Å². The van der Waals surface area contributed by atoms with Crippen molar-refractivity contribution in [3.63, 3.8) is 0 Å². The Morgan fingerprint density at radius 1 is 0.900 bits per heavy atom. The lowest BCUT2D eigenvalue weighted by Gasteiger charge is -2.18. The molecule has 106 valence electrons. The van der Waals surface area contributed by atoms with Crippen LogP contribution in [-0.4, -0.2) is 6.54 Å². The van der Waals surface area contributed by atoms with Crippen LogP contribution < -0.4 is 11.1 Å². The number of nitrogens with one attached hydrogen (secondary N) is 1. The molecule has 2 aromatic rings. The first-order chi connectivity index (χ1) is 9.70. The molecule has 3 N–H and O–H groups in total. The Balaban J connectivity index is 2.01. The van der Waals surface area contributed by atoms with E-state index in [0.717, 1.165) is 11.1 Å². The summed E-state index contributed by atoms with van der Waals surface area (Å²) in [6, 6.07) is 16.3. The molecule has 0 spiro atoms. The molecule has 0 fully saturated rings. The number of halogens is 2. The van der Waals surface area contributed by atoms with E-state index in [1.54, 1.807) is 12.1 Å². The van der Waals surface area contributed by atoms with Crippen LogP contribution in [0.25, 0.3) is 0 Å². The van der Waals surface area contributed by atoms with Gasteiger partial charge in [0.1, 0.15) is 0 Å². The van der Waals surface area contributed by atoms with Gasteiger partial charge in [0.25, 0.3) is 6.43 Å². The van der Waals surface area contributed by atoms with Gasteiger partial charge in [-0.1, -0.05) is 54.6 Å². The minimum absolute atomic E-state index is 0.0348. The molecule has 1 unspecified atom stereocenters. The van der Waals surface area contributed by atoms with E-state index in [1.165, 1.54) is 12.1 Å². The molecule has 4 heteroatoms. The molecule has 2 nitrogen and oxygen atoms in total. The van der Waals surface area contributed by atoms with E-state index >= 15 is 0 Å². The van der Waals surface area contributed by atoms with Crippen LogP contribution >= 0.6 is 0 Å². The first-order valence-electron chi connectivity index (χ1n) is 6.56. The molecule has 0 saturated carbocycles. The smallest absolute Gasteiger partial charge is 0.263 e. The zero-order valence-electron chi connectivity index (χ0n) is 11.1. The van der Waals surface area contributed by atoms with Gasteiger partial charge in [-0.2, -0.15) is 0 Å². The van der Waals surface area contributed by atoms with Crippen LogP contribution in [0.15, 0.2) is 54.6 Å². The fraction of sp³-hybridized carbons (Fsp3) is 0.250. The summed E-state index contributed by atoms with van der Waals surface area (Å²) < 4.78 is 25.0. The fourth-order valence-corrected chi connectivity index (χ4v) is 2.05. The number of rotatable bonds is 6. The topological polar surface area (TPSA) is 38.0 Å². The van der Waals surface area contributed by atoms with E-state index in [2.05, 4.69) is 5.32 Å². The van der Waals surface area contributed by atoms with Gasteiger partial charge in [-0.15, -0.1) is 0 Å². The van der Waals surface area contributed by atoms with Gasteiger partial charge in [-0.25, -0.2) is 8.78 Å². The molecule has 0 radical (unpaired) electrons. The Morgan fingerprint density at radius 2 is 1.50 bits per heavy atom. The summed E-state index contributed by atoms with van der Waals surface area (Å²) >= 11 is 0. The summed E-state index contributed by atoms with van der Waals surface area (Å²) in [7, 11) is 0. The van der Waals surface area contributed by atoms with Crippen LogP contribution in [-0.2, 0) is 6.54 Å². The monoisotopic (exact) mass is 276 g/mol. The maximum Gasteiger partial charge on any atom is 0.263 e. The predicted octanol–water partition coefficient (Wildman–Crippen LogP) is 3.41. The predicted molar refractivity (Wildman–Crippen MR) is 76.5 cm³/mol. The number of nitrogens with two attached hydrogens (primary N) is 1. The third-order valence-corrected chi connectivity index (χ3v) is 3.22. The van der Waals surface area contributed by atoms with E-state index in [9.17, 15) is 8.78 Å². The number of alkyl halides is 2. The molecule has 0 aliphatic carbocycles. The van der Waals surface area contributed by atoms with Crippen molar-refractivity contribution in [1.29, 1.82) is 0 Å². The lowest BCUT2D eigenvalue weighted by Crippen LogP contribution is -2.27. The molecule has 2 aromatic carbocycles. The molecule has 0 saturated heterocycles. The van der Waals surface area contributed by atoms with Crippen molar-refractivity contribution in [1.82, 2.24) is 5.32 Å². The summed E-state index contributed by atoms with van der Waals surface area (Å²) in [6.07, 6.45) is -2.43. The van der Waals surface area contributed by atoms with E-state index in [-0.39, 0.29) is 11.6 Å².